The predicted molar refractivity (Wildman–Crippen MR) is 109 cm³/mol. The second-order valence-corrected chi connectivity index (χ2v) is 7.21. The minimum atomic E-state index is -5.08. The van der Waals surface area contributed by atoms with Gasteiger partial charge in [0.2, 0.25) is 0 Å². The molecule has 164 valence electrons. The lowest BCUT2D eigenvalue weighted by atomic mass is 10.0. The van der Waals surface area contributed by atoms with Gasteiger partial charge in [0.1, 0.15) is 0 Å². The summed E-state index contributed by atoms with van der Waals surface area (Å²) < 4.78 is 33.9. The van der Waals surface area contributed by atoms with Crippen LogP contribution in [0.1, 0.15) is 36.2 Å². The SMILES string of the molecule is CC(NCc1ccc(-c2ccncc2)cc1)c1cnn2c1CCC2.O=C(O)C(F)(F)F. The van der Waals surface area contributed by atoms with Crippen molar-refractivity contribution in [1.29, 1.82) is 0 Å². The van der Waals surface area contributed by atoms with Gasteiger partial charge in [-0.05, 0) is 48.6 Å². The zero-order chi connectivity index (χ0) is 22.4. The Bertz CT molecular complexity index is 1000. The highest BCUT2D eigenvalue weighted by Gasteiger charge is 2.38. The third-order valence-corrected chi connectivity index (χ3v) is 5.05. The fraction of sp³-hybridized carbons (Fsp3) is 0.318. The number of carboxylic acid groups (broad SMARTS) is 1. The molecular formula is C22H23F3N4O2. The first-order valence-corrected chi connectivity index (χ1v) is 9.83. The number of fused-ring (bicyclic) bond motifs is 1. The fourth-order valence-corrected chi connectivity index (χ4v) is 3.39. The number of alkyl halides is 3. The molecule has 1 unspecified atom stereocenters. The molecule has 0 radical (unpaired) electrons. The van der Waals surface area contributed by atoms with Crippen molar-refractivity contribution in [2.45, 2.75) is 45.1 Å². The molecule has 9 heteroatoms. The Labute approximate surface area is 177 Å². The van der Waals surface area contributed by atoms with Crippen LogP contribution in [-0.2, 0) is 24.3 Å². The highest BCUT2D eigenvalue weighted by atomic mass is 19.4. The summed E-state index contributed by atoms with van der Waals surface area (Å²) in [6.07, 6.45) is 2.98. The van der Waals surface area contributed by atoms with E-state index in [1.165, 1.54) is 34.4 Å². The lowest BCUT2D eigenvalue weighted by molar-refractivity contribution is -0.192. The van der Waals surface area contributed by atoms with Gasteiger partial charge in [-0.1, -0.05) is 24.3 Å². The first-order valence-electron chi connectivity index (χ1n) is 9.83. The third kappa shape index (κ3) is 5.91. The topological polar surface area (TPSA) is 80.0 Å². The zero-order valence-corrected chi connectivity index (χ0v) is 16.9. The van der Waals surface area contributed by atoms with E-state index in [-0.39, 0.29) is 0 Å². The summed E-state index contributed by atoms with van der Waals surface area (Å²) in [6.45, 7) is 4.16. The van der Waals surface area contributed by atoms with Crippen LogP contribution in [0.5, 0.6) is 0 Å². The number of carboxylic acids is 1. The Morgan fingerprint density at radius 1 is 1.16 bits per heavy atom. The number of halogens is 3. The van der Waals surface area contributed by atoms with Crippen molar-refractivity contribution in [1.82, 2.24) is 20.1 Å². The van der Waals surface area contributed by atoms with Gasteiger partial charge in [0.05, 0.1) is 6.20 Å². The van der Waals surface area contributed by atoms with Crippen LogP contribution in [0.2, 0.25) is 0 Å². The summed E-state index contributed by atoms with van der Waals surface area (Å²) in [4.78, 5) is 13.0. The summed E-state index contributed by atoms with van der Waals surface area (Å²) in [7, 11) is 0. The molecule has 0 aliphatic carbocycles. The van der Waals surface area contributed by atoms with Gasteiger partial charge in [-0.3, -0.25) is 9.67 Å². The Hall–Kier alpha value is -3.20. The Kier molecular flexibility index (Phi) is 7.06. The van der Waals surface area contributed by atoms with E-state index < -0.39 is 12.1 Å². The standard InChI is InChI=1S/C20H22N4.C2HF3O2/c1-15(19-14-23-24-12-2-3-20(19)24)22-13-16-4-6-17(7-5-16)18-8-10-21-11-9-18;3-2(4,5)1(6)7/h4-11,14-15,22H,2-3,12-13H2,1H3;(H,6,7). The van der Waals surface area contributed by atoms with E-state index in [4.69, 9.17) is 9.90 Å². The van der Waals surface area contributed by atoms with Crippen LogP contribution in [0.4, 0.5) is 13.2 Å². The molecule has 0 fully saturated rings. The van der Waals surface area contributed by atoms with Gasteiger partial charge in [0.25, 0.3) is 0 Å². The number of carbonyl (C=O) groups is 1. The highest BCUT2D eigenvalue weighted by Crippen LogP contribution is 2.24. The Morgan fingerprint density at radius 3 is 2.39 bits per heavy atom. The van der Waals surface area contributed by atoms with E-state index in [1.54, 1.807) is 0 Å². The average molecular weight is 432 g/mol. The zero-order valence-electron chi connectivity index (χ0n) is 16.9. The van der Waals surface area contributed by atoms with Crippen LogP contribution in [0.25, 0.3) is 11.1 Å². The number of aryl methyl sites for hydroxylation is 1. The molecule has 0 spiro atoms. The first-order chi connectivity index (χ1) is 14.8. The van der Waals surface area contributed by atoms with Crippen LogP contribution in [0.3, 0.4) is 0 Å². The number of hydrogen-bond acceptors (Lipinski definition) is 4. The molecule has 4 rings (SSSR count). The van der Waals surface area contributed by atoms with Gasteiger partial charge in [0, 0.05) is 42.8 Å². The van der Waals surface area contributed by atoms with Crippen molar-refractivity contribution in [2.75, 3.05) is 0 Å². The molecule has 1 aliphatic rings. The van der Waals surface area contributed by atoms with Crippen molar-refractivity contribution in [3.05, 3.63) is 71.8 Å². The molecule has 1 atom stereocenters. The number of aliphatic carboxylic acids is 1. The molecule has 3 heterocycles. The summed E-state index contributed by atoms with van der Waals surface area (Å²) in [5.74, 6) is -2.76. The molecule has 6 nitrogen and oxygen atoms in total. The van der Waals surface area contributed by atoms with Crippen LogP contribution < -0.4 is 5.32 Å². The molecular weight excluding hydrogens is 409 g/mol. The van der Waals surface area contributed by atoms with Crippen molar-refractivity contribution >= 4 is 5.97 Å². The van der Waals surface area contributed by atoms with Crippen molar-refractivity contribution in [3.63, 3.8) is 0 Å². The predicted octanol–water partition coefficient (Wildman–Crippen LogP) is 4.38. The third-order valence-electron chi connectivity index (χ3n) is 5.05. The van der Waals surface area contributed by atoms with Crippen LogP contribution >= 0.6 is 0 Å². The quantitative estimate of drug-likeness (QED) is 0.626. The average Bonchev–Trinajstić information content (AvgIpc) is 3.37. The molecule has 0 bridgehead atoms. The Balaban J connectivity index is 0.000000339. The van der Waals surface area contributed by atoms with Crippen molar-refractivity contribution < 1.29 is 23.1 Å². The molecule has 0 saturated carbocycles. The summed E-state index contributed by atoms with van der Waals surface area (Å²) in [5, 5.41) is 15.2. The van der Waals surface area contributed by atoms with Crippen molar-refractivity contribution in [3.8, 4) is 11.1 Å². The summed E-state index contributed by atoms with van der Waals surface area (Å²) >= 11 is 0. The number of nitrogens with zero attached hydrogens (tertiary/aromatic N) is 3. The van der Waals surface area contributed by atoms with Gasteiger partial charge >= 0.3 is 12.1 Å². The van der Waals surface area contributed by atoms with E-state index in [0.717, 1.165) is 19.5 Å². The van der Waals surface area contributed by atoms with Crippen LogP contribution in [0, 0.1) is 0 Å². The number of hydrogen-bond donors (Lipinski definition) is 2. The second-order valence-electron chi connectivity index (χ2n) is 7.21. The van der Waals surface area contributed by atoms with Gasteiger partial charge < -0.3 is 10.4 Å². The normalized spacial score (nSPS) is 13.8. The van der Waals surface area contributed by atoms with E-state index in [2.05, 4.69) is 51.3 Å². The van der Waals surface area contributed by atoms with Crippen LogP contribution in [-0.4, -0.2) is 32.0 Å². The molecule has 2 N–H and O–H groups in total. The largest absolute Gasteiger partial charge is 0.490 e. The second kappa shape index (κ2) is 9.74. The lowest BCUT2D eigenvalue weighted by Crippen LogP contribution is -2.21. The molecule has 1 aliphatic heterocycles. The van der Waals surface area contributed by atoms with E-state index in [9.17, 15) is 13.2 Å². The van der Waals surface area contributed by atoms with Gasteiger partial charge in [-0.15, -0.1) is 0 Å². The summed E-state index contributed by atoms with van der Waals surface area (Å²) in [6, 6.07) is 13.1. The monoisotopic (exact) mass is 432 g/mol. The molecule has 0 saturated heterocycles. The van der Waals surface area contributed by atoms with Gasteiger partial charge in [-0.25, -0.2) is 4.79 Å². The maximum Gasteiger partial charge on any atom is 0.490 e. The maximum atomic E-state index is 10.6. The number of pyridine rings is 1. The summed E-state index contributed by atoms with van der Waals surface area (Å²) in [5.41, 5.74) is 6.48. The minimum Gasteiger partial charge on any atom is -0.475 e. The van der Waals surface area contributed by atoms with Gasteiger partial charge in [0.15, 0.2) is 0 Å². The number of nitrogens with one attached hydrogen (secondary N) is 1. The smallest absolute Gasteiger partial charge is 0.475 e. The number of benzene rings is 1. The first kappa shape index (κ1) is 22.5. The number of aromatic nitrogens is 3. The van der Waals surface area contributed by atoms with Gasteiger partial charge in [-0.2, -0.15) is 18.3 Å². The molecule has 1 aromatic carbocycles. The van der Waals surface area contributed by atoms with E-state index >= 15 is 0 Å². The highest BCUT2D eigenvalue weighted by molar-refractivity contribution is 5.73. The molecule has 0 amide bonds. The molecule has 3 aromatic rings. The molecule has 31 heavy (non-hydrogen) atoms. The minimum absolute atomic E-state index is 0.326. The molecule has 2 aromatic heterocycles. The van der Waals surface area contributed by atoms with E-state index in [1.807, 2.05) is 30.7 Å². The maximum absolute atomic E-state index is 10.6. The Morgan fingerprint density at radius 2 is 1.77 bits per heavy atom. The number of rotatable bonds is 5. The van der Waals surface area contributed by atoms with Crippen molar-refractivity contribution in [2.24, 2.45) is 0 Å². The fourth-order valence-electron chi connectivity index (χ4n) is 3.39. The van der Waals surface area contributed by atoms with Crippen LogP contribution in [0.15, 0.2) is 55.0 Å². The lowest BCUT2D eigenvalue weighted by Gasteiger charge is -2.14. The van der Waals surface area contributed by atoms with E-state index in [0.29, 0.717) is 6.04 Å².